The van der Waals surface area contributed by atoms with E-state index >= 15 is 0 Å². The lowest BCUT2D eigenvalue weighted by molar-refractivity contribution is -0.0816. The van der Waals surface area contributed by atoms with E-state index in [1.54, 1.807) is 7.11 Å². The summed E-state index contributed by atoms with van der Waals surface area (Å²) in [4.78, 5) is 4.17. The van der Waals surface area contributed by atoms with Crippen molar-refractivity contribution in [3.8, 4) is 0 Å². The van der Waals surface area contributed by atoms with Crippen LogP contribution < -0.4 is 5.73 Å². The van der Waals surface area contributed by atoms with Crippen molar-refractivity contribution in [2.45, 2.75) is 37.3 Å². The van der Waals surface area contributed by atoms with Gasteiger partial charge in [0.05, 0.1) is 5.60 Å². The first-order chi connectivity index (χ1) is 9.24. The number of hydrogen-bond acceptors (Lipinski definition) is 3. The highest BCUT2D eigenvalue weighted by Gasteiger charge is 2.38. The van der Waals surface area contributed by atoms with Gasteiger partial charge in [-0.25, -0.2) is 0 Å². The molecule has 0 amide bonds. The molecule has 0 saturated heterocycles. The second-order valence-corrected chi connectivity index (χ2v) is 5.50. The van der Waals surface area contributed by atoms with Crippen molar-refractivity contribution in [2.75, 3.05) is 7.11 Å². The Balaban J connectivity index is 1.91. The third-order valence-electron chi connectivity index (χ3n) is 4.40. The van der Waals surface area contributed by atoms with E-state index in [-0.39, 0.29) is 11.6 Å². The maximum atomic E-state index is 6.43. The highest BCUT2D eigenvalue weighted by atomic mass is 16.5. The minimum Gasteiger partial charge on any atom is -0.378 e. The molecule has 0 spiro atoms. The Morgan fingerprint density at radius 3 is 2.89 bits per heavy atom. The summed E-state index contributed by atoms with van der Waals surface area (Å²) in [5.41, 5.74) is 7.64. The largest absolute Gasteiger partial charge is 0.378 e. The predicted octanol–water partition coefficient (Wildman–Crippen LogP) is 3.19. The zero-order valence-corrected chi connectivity index (χ0v) is 11.3. The van der Waals surface area contributed by atoms with E-state index in [0.29, 0.717) is 0 Å². The highest BCUT2D eigenvalue weighted by molar-refractivity contribution is 5.85. The number of benzene rings is 1. The van der Waals surface area contributed by atoms with Gasteiger partial charge in [-0.3, -0.25) is 4.98 Å². The number of aromatic nitrogens is 1. The first-order valence-corrected chi connectivity index (χ1v) is 6.87. The average Bonchev–Trinajstić information content (AvgIpc) is 2.42. The molecule has 19 heavy (non-hydrogen) atoms. The molecule has 1 heterocycles. The van der Waals surface area contributed by atoms with Crippen LogP contribution in [0.15, 0.2) is 36.7 Å². The van der Waals surface area contributed by atoms with Gasteiger partial charge in [-0.2, -0.15) is 0 Å². The number of fused-ring (bicyclic) bond motifs is 1. The molecule has 0 bridgehead atoms. The Kier molecular flexibility index (Phi) is 3.25. The Hall–Kier alpha value is -1.45. The highest BCUT2D eigenvalue weighted by Crippen LogP contribution is 2.41. The van der Waals surface area contributed by atoms with Gasteiger partial charge >= 0.3 is 0 Å². The summed E-state index contributed by atoms with van der Waals surface area (Å²) in [7, 11) is 1.80. The minimum atomic E-state index is 0.00854. The Morgan fingerprint density at radius 1 is 1.37 bits per heavy atom. The Morgan fingerprint density at radius 2 is 2.21 bits per heavy atom. The van der Waals surface area contributed by atoms with E-state index in [2.05, 4.69) is 23.2 Å². The number of pyridine rings is 1. The molecule has 100 valence electrons. The van der Waals surface area contributed by atoms with Gasteiger partial charge in [-0.1, -0.05) is 18.2 Å². The van der Waals surface area contributed by atoms with Crippen LogP contribution in [0.3, 0.4) is 0 Å². The molecule has 1 atom stereocenters. The smallest absolute Gasteiger partial charge is 0.0696 e. The van der Waals surface area contributed by atoms with Crippen LogP contribution in [-0.4, -0.2) is 17.7 Å². The molecule has 3 heteroatoms. The van der Waals surface area contributed by atoms with Gasteiger partial charge < -0.3 is 10.5 Å². The lowest BCUT2D eigenvalue weighted by atomic mass is 9.74. The van der Waals surface area contributed by atoms with E-state index in [1.807, 2.05) is 18.5 Å². The zero-order chi connectivity index (χ0) is 13.3. The molecular formula is C16H20N2O. The molecule has 1 aromatic carbocycles. The van der Waals surface area contributed by atoms with Crippen LogP contribution in [0.25, 0.3) is 10.8 Å². The number of rotatable bonds is 4. The van der Waals surface area contributed by atoms with Gasteiger partial charge in [0.1, 0.15) is 0 Å². The zero-order valence-electron chi connectivity index (χ0n) is 11.3. The van der Waals surface area contributed by atoms with Gasteiger partial charge in [-0.15, -0.1) is 0 Å². The van der Waals surface area contributed by atoms with Gasteiger partial charge in [0.2, 0.25) is 0 Å². The maximum Gasteiger partial charge on any atom is 0.0696 e. The molecule has 1 unspecified atom stereocenters. The number of ether oxygens (including phenoxy) is 1. The summed E-state index contributed by atoms with van der Waals surface area (Å²) in [5.74, 6) is 0. The van der Waals surface area contributed by atoms with Crippen molar-refractivity contribution in [3.63, 3.8) is 0 Å². The number of nitrogens with two attached hydrogens (primary N) is 1. The number of nitrogens with zero attached hydrogens (tertiary/aromatic N) is 1. The van der Waals surface area contributed by atoms with Crippen LogP contribution in [0.1, 0.15) is 37.3 Å². The van der Waals surface area contributed by atoms with Crippen LogP contribution in [0.5, 0.6) is 0 Å². The topological polar surface area (TPSA) is 48.1 Å². The van der Waals surface area contributed by atoms with Crippen LogP contribution in [0, 0.1) is 0 Å². The van der Waals surface area contributed by atoms with E-state index in [9.17, 15) is 0 Å². The molecule has 0 aliphatic heterocycles. The first-order valence-electron chi connectivity index (χ1n) is 6.87. The lowest BCUT2D eigenvalue weighted by Crippen LogP contribution is -2.41. The van der Waals surface area contributed by atoms with Crippen molar-refractivity contribution in [1.29, 1.82) is 0 Å². The van der Waals surface area contributed by atoms with E-state index in [4.69, 9.17) is 10.5 Å². The van der Waals surface area contributed by atoms with Crippen molar-refractivity contribution in [3.05, 3.63) is 42.2 Å². The van der Waals surface area contributed by atoms with E-state index in [0.717, 1.165) is 24.6 Å². The molecule has 1 fully saturated rings. The summed E-state index contributed by atoms with van der Waals surface area (Å²) < 4.78 is 5.69. The lowest BCUT2D eigenvalue weighted by Gasteiger charge is -2.42. The van der Waals surface area contributed by atoms with Gasteiger partial charge in [0.25, 0.3) is 0 Å². The molecule has 0 radical (unpaired) electrons. The normalized spacial score (nSPS) is 19.1. The van der Waals surface area contributed by atoms with Gasteiger partial charge in [0.15, 0.2) is 0 Å². The van der Waals surface area contributed by atoms with Crippen molar-refractivity contribution in [1.82, 2.24) is 4.98 Å². The molecule has 3 nitrogen and oxygen atoms in total. The molecule has 1 saturated carbocycles. The number of hydrogen-bond donors (Lipinski definition) is 1. The summed E-state index contributed by atoms with van der Waals surface area (Å²) in [6, 6.07) is 8.32. The second-order valence-electron chi connectivity index (χ2n) is 5.50. The van der Waals surface area contributed by atoms with Crippen LogP contribution in [-0.2, 0) is 4.74 Å². The van der Waals surface area contributed by atoms with Crippen LogP contribution in [0.2, 0.25) is 0 Å². The summed E-state index contributed by atoms with van der Waals surface area (Å²) in [6.45, 7) is 0. The fraction of sp³-hybridized carbons (Fsp3) is 0.438. The monoisotopic (exact) mass is 256 g/mol. The summed E-state index contributed by atoms with van der Waals surface area (Å²) >= 11 is 0. The second kappa shape index (κ2) is 4.91. The molecule has 3 rings (SSSR count). The quantitative estimate of drug-likeness (QED) is 0.913. The predicted molar refractivity (Wildman–Crippen MR) is 76.9 cm³/mol. The molecule has 1 aliphatic carbocycles. The molecular weight excluding hydrogens is 236 g/mol. The first kappa shape index (κ1) is 12.6. The van der Waals surface area contributed by atoms with E-state index < -0.39 is 0 Å². The molecule has 2 aromatic rings. The van der Waals surface area contributed by atoms with Gasteiger partial charge in [-0.05, 0) is 42.7 Å². The Bertz CT molecular complexity index is 567. The molecule has 2 N–H and O–H groups in total. The summed E-state index contributed by atoms with van der Waals surface area (Å²) in [6.07, 6.45) is 8.12. The molecule has 1 aliphatic rings. The average molecular weight is 256 g/mol. The standard InChI is InChI=1S/C16H20N2O/c1-19-16(7-3-8-16)10-15(17)14-5-2-4-12-11-18-9-6-13(12)14/h2,4-6,9,11,15H,3,7-8,10,17H2,1H3. The van der Waals surface area contributed by atoms with Crippen molar-refractivity contribution >= 4 is 10.8 Å². The SMILES string of the molecule is COC1(CC(N)c2cccc3cnccc23)CCC1. The fourth-order valence-electron chi connectivity index (χ4n) is 3.04. The van der Waals surface area contributed by atoms with Crippen molar-refractivity contribution < 1.29 is 4.74 Å². The van der Waals surface area contributed by atoms with Crippen LogP contribution in [0.4, 0.5) is 0 Å². The third kappa shape index (κ3) is 2.24. The molecule has 1 aromatic heterocycles. The van der Waals surface area contributed by atoms with Crippen molar-refractivity contribution in [2.24, 2.45) is 5.73 Å². The van der Waals surface area contributed by atoms with Gasteiger partial charge in [0, 0.05) is 30.9 Å². The summed E-state index contributed by atoms with van der Waals surface area (Å²) in [5, 5.41) is 2.35. The number of methoxy groups -OCH3 is 1. The minimum absolute atomic E-state index is 0.00854. The fourth-order valence-corrected chi connectivity index (χ4v) is 3.04. The third-order valence-corrected chi connectivity index (χ3v) is 4.40. The van der Waals surface area contributed by atoms with Crippen LogP contribution >= 0.6 is 0 Å². The maximum absolute atomic E-state index is 6.43. The van der Waals surface area contributed by atoms with E-state index in [1.165, 1.54) is 17.4 Å². The Labute approximate surface area is 113 Å².